The second-order valence-electron chi connectivity index (χ2n) is 6.80. The first-order valence-corrected chi connectivity index (χ1v) is 8.77. The number of aromatic nitrogens is 1. The number of hydrogen-bond acceptors (Lipinski definition) is 3. The minimum Gasteiger partial charge on any atom is -0.373 e. The Morgan fingerprint density at radius 3 is 2.58 bits per heavy atom. The molecule has 2 atom stereocenters. The zero-order valence-corrected chi connectivity index (χ0v) is 14.8. The Balaban J connectivity index is 1.61. The number of carbonyl (C=O) groups excluding carboxylic acids is 1. The summed E-state index contributed by atoms with van der Waals surface area (Å²) in [5.74, 6) is 0.0454. The number of amides is 1. The van der Waals surface area contributed by atoms with Gasteiger partial charge in [-0.25, -0.2) is 0 Å². The predicted octanol–water partition coefficient (Wildman–Crippen LogP) is 3.08. The van der Waals surface area contributed by atoms with Crippen LogP contribution in [-0.4, -0.2) is 28.9 Å². The Hall–Kier alpha value is -3.08. The van der Waals surface area contributed by atoms with Crippen molar-refractivity contribution in [2.24, 2.45) is 0 Å². The average molecular weight is 347 g/mol. The molecule has 0 radical (unpaired) electrons. The highest BCUT2D eigenvalue weighted by molar-refractivity contribution is 5.89. The Morgan fingerprint density at radius 2 is 1.81 bits per heavy atom. The van der Waals surface area contributed by atoms with E-state index in [0.717, 1.165) is 16.6 Å². The van der Waals surface area contributed by atoms with E-state index in [9.17, 15) is 9.59 Å². The van der Waals surface area contributed by atoms with Gasteiger partial charge in [0.25, 0.3) is 5.56 Å². The lowest BCUT2D eigenvalue weighted by molar-refractivity contribution is -0.132. The maximum Gasteiger partial charge on any atom is 0.255 e. The van der Waals surface area contributed by atoms with Crippen molar-refractivity contribution in [1.29, 1.82) is 0 Å². The van der Waals surface area contributed by atoms with Gasteiger partial charge in [0.05, 0.1) is 6.04 Å². The zero-order chi connectivity index (χ0) is 18.3. The summed E-state index contributed by atoms with van der Waals surface area (Å²) in [6, 6.07) is 15.1. The van der Waals surface area contributed by atoms with Crippen molar-refractivity contribution in [3.63, 3.8) is 0 Å². The van der Waals surface area contributed by atoms with E-state index >= 15 is 0 Å². The van der Waals surface area contributed by atoms with Gasteiger partial charge in [0.1, 0.15) is 6.04 Å². The number of fused-ring (bicyclic) bond motifs is 2. The molecule has 26 heavy (non-hydrogen) atoms. The van der Waals surface area contributed by atoms with Gasteiger partial charge < -0.3 is 15.2 Å². The molecule has 1 aliphatic rings. The van der Waals surface area contributed by atoms with Crippen molar-refractivity contribution in [3.05, 3.63) is 76.2 Å². The fourth-order valence-corrected chi connectivity index (χ4v) is 3.67. The van der Waals surface area contributed by atoms with Crippen LogP contribution in [0.5, 0.6) is 0 Å². The third kappa shape index (κ3) is 2.65. The first-order chi connectivity index (χ1) is 12.6. The van der Waals surface area contributed by atoms with E-state index in [1.54, 1.807) is 17.2 Å². The maximum atomic E-state index is 13.0. The molecule has 0 bridgehead atoms. The standard InChI is InChI=1S/C21H21N3O2/c1-13(17-12-22-20(25)16-9-5-4-8-15(16)17)24(2)21(26)19-11-14-7-3-6-10-18(14)23-19/h3-10,12-13,19,23H,11H2,1-2H3,(H,22,25)/t13-,19-/m1/s1. The first-order valence-electron chi connectivity index (χ1n) is 8.77. The van der Waals surface area contributed by atoms with Gasteiger partial charge in [-0.15, -0.1) is 0 Å². The second-order valence-corrected chi connectivity index (χ2v) is 6.80. The molecule has 0 unspecified atom stereocenters. The van der Waals surface area contributed by atoms with Crippen molar-refractivity contribution < 1.29 is 4.79 Å². The van der Waals surface area contributed by atoms with E-state index in [-0.39, 0.29) is 23.6 Å². The topological polar surface area (TPSA) is 65.2 Å². The summed E-state index contributed by atoms with van der Waals surface area (Å²) < 4.78 is 0. The summed E-state index contributed by atoms with van der Waals surface area (Å²) >= 11 is 0. The molecule has 5 nitrogen and oxygen atoms in total. The van der Waals surface area contributed by atoms with E-state index in [2.05, 4.69) is 16.4 Å². The maximum absolute atomic E-state index is 13.0. The van der Waals surface area contributed by atoms with E-state index in [0.29, 0.717) is 11.8 Å². The smallest absolute Gasteiger partial charge is 0.255 e. The lowest BCUT2D eigenvalue weighted by Gasteiger charge is -2.28. The van der Waals surface area contributed by atoms with Crippen LogP contribution in [-0.2, 0) is 11.2 Å². The van der Waals surface area contributed by atoms with Crippen molar-refractivity contribution in [2.75, 3.05) is 12.4 Å². The summed E-state index contributed by atoms with van der Waals surface area (Å²) in [6.07, 6.45) is 2.41. The quantitative estimate of drug-likeness (QED) is 0.765. The summed E-state index contributed by atoms with van der Waals surface area (Å²) in [5, 5.41) is 4.84. The lowest BCUT2D eigenvalue weighted by atomic mass is 10.0. The first kappa shape index (κ1) is 16.4. The summed E-state index contributed by atoms with van der Waals surface area (Å²) in [5.41, 5.74) is 3.02. The van der Waals surface area contributed by atoms with Crippen LogP contribution in [0.25, 0.3) is 10.8 Å². The molecule has 0 spiro atoms. The minimum atomic E-state index is -0.256. The highest BCUT2D eigenvalue weighted by Crippen LogP contribution is 2.29. The number of nitrogens with zero attached hydrogens (tertiary/aromatic N) is 1. The fourth-order valence-electron chi connectivity index (χ4n) is 3.67. The Morgan fingerprint density at radius 1 is 1.12 bits per heavy atom. The van der Waals surface area contributed by atoms with Gasteiger partial charge in [-0.1, -0.05) is 36.4 Å². The van der Waals surface area contributed by atoms with Crippen LogP contribution in [0.2, 0.25) is 0 Å². The van der Waals surface area contributed by atoms with Gasteiger partial charge in [-0.2, -0.15) is 0 Å². The van der Waals surface area contributed by atoms with E-state index in [4.69, 9.17) is 0 Å². The predicted molar refractivity (Wildman–Crippen MR) is 103 cm³/mol. The largest absolute Gasteiger partial charge is 0.373 e. The number of para-hydroxylation sites is 1. The van der Waals surface area contributed by atoms with Crippen LogP contribution in [0.3, 0.4) is 0 Å². The van der Waals surface area contributed by atoms with Gasteiger partial charge in [-0.3, -0.25) is 9.59 Å². The Labute approximate surface area is 151 Å². The van der Waals surface area contributed by atoms with Gasteiger partial charge in [0.2, 0.25) is 5.91 Å². The van der Waals surface area contributed by atoms with Crippen molar-refractivity contribution in [1.82, 2.24) is 9.88 Å². The number of hydrogen-bond donors (Lipinski definition) is 2. The monoisotopic (exact) mass is 347 g/mol. The van der Waals surface area contributed by atoms with Gasteiger partial charge in [-0.05, 0) is 35.6 Å². The van der Waals surface area contributed by atoms with E-state index < -0.39 is 0 Å². The molecule has 0 fully saturated rings. The third-order valence-corrected chi connectivity index (χ3v) is 5.29. The lowest BCUT2D eigenvalue weighted by Crippen LogP contribution is -2.41. The molecule has 2 heterocycles. The van der Waals surface area contributed by atoms with Crippen molar-refractivity contribution >= 4 is 22.4 Å². The van der Waals surface area contributed by atoms with E-state index in [1.165, 1.54) is 5.56 Å². The van der Waals surface area contributed by atoms with Crippen LogP contribution in [0.4, 0.5) is 5.69 Å². The second kappa shape index (κ2) is 6.33. The summed E-state index contributed by atoms with van der Waals surface area (Å²) in [4.78, 5) is 29.6. The van der Waals surface area contributed by atoms with Crippen LogP contribution in [0, 0.1) is 0 Å². The molecule has 1 aliphatic heterocycles. The molecule has 2 N–H and O–H groups in total. The van der Waals surface area contributed by atoms with Gasteiger partial charge in [0, 0.05) is 30.7 Å². The molecule has 5 heteroatoms. The molecular formula is C21H21N3O2. The number of rotatable bonds is 3. The SMILES string of the molecule is C[C@H](c1c[nH]c(=O)c2ccccc12)N(C)C(=O)[C@H]1Cc2ccccc2N1. The molecule has 1 aromatic heterocycles. The molecule has 0 saturated heterocycles. The number of H-pyrrole nitrogens is 1. The van der Waals surface area contributed by atoms with Crippen LogP contribution in [0.15, 0.2) is 59.5 Å². The van der Waals surface area contributed by atoms with Gasteiger partial charge >= 0.3 is 0 Å². The zero-order valence-electron chi connectivity index (χ0n) is 14.8. The number of nitrogens with one attached hydrogen (secondary N) is 2. The number of pyridine rings is 1. The average Bonchev–Trinajstić information content (AvgIpc) is 3.11. The number of benzene rings is 2. The Bertz CT molecular complexity index is 1020. The molecule has 3 aromatic rings. The highest BCUT2D eigenvalue weighted by atomic mass is 16.2. The van der Waals surface area contributed by atoms with E-state index in [1.807, 2.05) is 50.4 Å². The minimum absolute atomic E-state index is 0.0454. The molecule has 0 aliphatic carbocycles. The Kier molecular flexibility index (Phi) is 3.99. The fraction of sp³-hybridized carbons (Fsp3) is 0.238. The number of likely N-dealkylation sites (N-methyl/N-ethyl adjacent to an activating group) is 1. The third-order valence-electron chi connectivity index (χ3n) is 5.29. The van der Waals surface area contributed by atoms with Crippen LogP contribution in [0.1, 0.15) is 24.1 Å². The molecule has 1 amide bonds. The number of anilines is 1. The van der Waals surface area contributed by atoms with Crippen LogP contribution >= 0.6 is 0 Å². The van der Waals surface area contributed by atoms with Gasteiger partial charge in [0.15, 0.2) is 0 Å². The van der Waals surface area contributed by atoms with Crippen molar-refractivity contribution in [2.45, 2.75) is 25.4 Å². The normalized spacial score (nSPS) is 16.8. The molecule has 4 rings (SSSR count). The molecular weight excluding hydrogens is 326 g/mol. The van der Waals surface area contributed by atoms with Crippen molar-refractivity contribution in [3.8, 4) is 0 Å². The highest BCUT2D eigenvalue weighted by Gasteiger charge is 2.31. The van der Waals surface area contributed by atoms with Crippen LogP contribution < -0.4 is 10.9 Å². The molecule has 2 aromatic carbocycles. The molecule has 132 valence electrons. The number of carbonyl (C=O) groups is 1. The number of aromatic amines is 1. The molecule has 0 saturated carbocycles. The summed E-state index contributed by atoms with van der Waals surface area (Å²) in [6.45, 7) is 1.99. The summed E-state index contributed by atoms with van der Waals surface area (Å²) in [7, 11) is 1.82.